The number of hydrogen-bond acceptors (Lipinski definition) is 3. The molecule has 1 aromatic rings. The van der Waals surface area contributed by atoms with Gasteiger partial charge in [-0.3, -0.25) is 0 Å². The zero-order chi connectivity index (χ0) is 11.7. The maximum absolute atomic E-state index is 5.75. The fourth-order valence-corrected chi connectivity index (χ4v) is 3.15. The Bertz CT molecular complexity index is 382. The van der Waals surface area contributed by atoms with Gasteiger partial charge in [-0.05, 0) is 12.1 Å². The van der Waals surface area contributed by atoms with Crippen molar-refractivity contribution in [3.63, 3.8) is 0 Å². The molecule has 3 rings (SSSR count). The van der Waals surface area contributed by atoms with Gasteiger partial charge in [-0.2, -0.15) is 0 Å². The maximum atomic E-state index is 5.75. The fourth-order valence-electron chi connectivity index (χ4n) is 3.05. The first-order valence-electron chi connectivity index (χ1n) is 6.37. The Labute approximate surface area is 123 Å². The van der Waals surface area contributed by atoms with E-state index in [1.165, 1.54) is 43.5 Å². The summed E-state index contributed by atoms with van der Waals surface area (Å²) in [5.41, 5.74) is 0. The van der Waals surface area contributed by atoms with Crippen molar-refractivity contribution in [2.75, 3.05) is 44.2 Å². The largest absolute Gasteiger partial charge is 1.00 e. The second-order valence-electron chi connectivity index (χ2n) is 5.14. The van der Waals surface area contributed by atoms with Crippen molar-refractivity contribution in [1.29, 1.82) is 0 Å². The second kappa shape index (κ2) is 5.72. The topological polar surface area (TPSA) is 29.0 Å². The van der Waals surface area contributed by atoms with E-state index in [9.17, 15) is 0 Å². The fraction of sp³-hybridized carbons (Fsp3) is 0.667. The van der Waals surface area contributed by atoms with Crippen LogP contribution in [0.15, 0.2) is 12.1 Å². The molecule has 0 aliphatic carbocycles. The highest BCUT2D eigenvalue weighted by atomic mass is 79.9. The molecule has 2 fully saturated rings. The van der Waals surface area contributed by atoms with Crippen LogP contribution in [0, 0.1) is 0 Å². The van der Waals surface area contributed by atoms with Gasteiger partial charge < -0.3 is 26.4 Å². The molecule has 1 spiro atoms. The van der Waals surface area contributed by atoms with Crippen molar-refractivity contribution in [2.24, 2.45) is 0 Å². The van der Waals surface area contributed by atoms with Crippen LogP contribution in [0.25, 0.3) is 0 Å². The number of halogens is 2. The number of aromatic nitrogens is 2. The van der Waals surface area contributed by atoms with Crippen LogP contribution in [-0.2, 0) is 0 Å². The summed E-state index contributed by atoms with van der Waals surface area (Å²) in [6.45, 7) is 7.45. The van der Waals surface area contributed by atoms with Crippen LogP contribution in [-0.4, -0.2) is 53.9 Å². The highest BCUT2D eigenvalue weighted by molar-refractivity contribution is 6.29. The molecule has 1 aromatic heterocycles. The Hall–Kier alpha value is -0.390. The Morgan fingerprint density at radius 1 is 1.00 bits per heavy atom. The number of quaternary nitrogens is 1. The van der Waals surface area contributed by atoms with Crippen molar-refractivity contribution >= 4 is 17.4 Å². The molecule has 0 atom stereocenters. The molecule has 3 heterocycles. The molecule has 100 valence electrons. The highest BCUT2D eigenvalue weighted by Crippen LogP contribution is 2.24. The van der Waals surface area contributed by atoms with Gasteiger partial charge in [0.2, 0.25) is 0 Å². The summed E-state index contributed by atoms with van der Waals surface area (Å²) in [6, 6.07) is 3.79. The predicted octanol–water partition coefficient (Wildman–Crippen LogP) is -1.44. The van der Waals surface area contributed by atoms with E-state index in [1.807, 2.05) is 12.1 Å². The van der Waals surface area contributed by atoms with Crippen LogP contribution >= 0.6 is 11.6 Å². The van der Waals surface area contributed by atoms with Crippen molar-refractivity contribution in [3.05, 3.63) is 17.3 Å². The quantitative estimate of drug-likeness (QED) is 0.590. The first-order valence-corrected chi connectivity index (χ1v) is 6.75. The van der Waals surface area contributed by atoms with Crippen LogP contribution in [0.1, 0.15) is 12.8 Å². The third-order valence-electron chi connectivity index (χ3n) is 4.15. The summed E-state index contributed by atoms with van der Waals surface area (Å²) in [4.78, 5) is 2.32. The number of piperazine rings is 1. The zero-order valence-corrected chi connectivity index (χ0v) is 12.7. The lowest BCUT2D eigenvalue weighted by molar-refractivity contribution is -0.917. The van der Waals surface area contributed by atoms with E-state index >= 15 is 0 Å². The van der Waals surface area contributed by atoms with Crippen LogP contribution in [0.2, 0.25) is 5.15 Å². The van der Waals surface area contributed by atoms with Crippen molar-refractivity contribution < 1.29 is 21.5 Å². The Morgan fingerprint density at radius 2 is 1.67 bits per heavy atom. The third kappa shape index (κ3) is 2.78. The zero-order valence-electron chi connectivity index (χ0n) is 10.4. The van der Waals surface area contributed by atoms with Gasteiger partial charge in [0.25, 0.3) is 0 Å². The maximum Gasteiger partial charge on any atom is 0.151 e. The van der Waals surface area contributed by atoms with E-state index in [4.69, 9.17) is 11.6 Å². The van der Waals surface area contributed by atoms with Gasteiger partial charge in [0.1, 0.15) is 0 Å². The van der Waals surface area contributed by atoms with E-state index in [0.29, 0.717) is 5.15 Å². The minimum Gasteiger partial charge on any atom is -1.00 e. The summed E-state index contributed by atoms with van der Waals surface area (Å²) in [7, 11) is 0. The van der Waals surface area contributed by atoms with Gasteiger partial charge in [-0.25, -0.2) is 0 Å². The lowest BCUT2D eigenvalue weighted by atomic mass is 10.2. The van der Waals surface area contributed by atoms with Crippen LogP contribution in [0.5, 0.6) is 0 Å². The van der Waals surface area contributed by atoms with Gasteiger partial charge in [-0.1, -0.05) is 11.6 Å². The van der Waals surface area contributed by atoms with E-state index in [1.54, 1.807) is 0 Å². The van der Waals surface area contributed by atoms with E-state index < -0.39 is 0 Å². The number of nitrogens with zero attached hydrogens (tertiary/aromatic N) is 4. The number of rotatable bonds is 1. The average molecular weight is 334 g/mol. The van der Waals surface area contributed by atoms with Gasteiger partial charge >= 0.3 is 0 Å². The molecule has 6 heteroatoms. The SMILES string of the molecule is Clc1ccc(N2CC[N+]3(CCCC3)CC2)nn1.[Br-]. The molecule has 0 radical (unpaired) electrons. The summed E-state index contributed by atoms with van der Waals surface area (Å²) in [5, 5.41) is 8.53. The molecule has 0 unspecified atom stereocenters. The third-order valence-corrected chi connectivity index (χ3v) is 4.35. The van der Waals surface area contributed by atoms with Crippen LogP contribution in [0.3, 0.4) is 0 Å². The smallest absolute Gasteiger partial charge is 0.151 e. The minimum absolute atomic E-state index is 0. The molecule has 2 aliphatic rings. The molecule has 2 aliphatic heterocycles. The molecule has 0 saturated carbocycles. The number of hydrogen-bond donors (Lipinski definition) is 0. The highest BCUT2D eigenvalue weighted by Gasteiger charge is 2.35. The summed E-state index contributed by atoms with van der Waals surface area (Å²) in [6.07, 6.45) is 2.81. The molecule has 2 saturated heterocycles. The Balaban J connectivity index is 0.00000120. The van der Waals surface area contributed by atoms with Crippen molar-refractivity contribution in [3.8, 4) is 0 Å². The monoisotopic (exact) mass is 332 g/mol. The van der Waals surface area contributed by atoms with E-state index in [-0.39, 0.29) is 17.0 Å². The summed E-state index contributed by atoms with van der Waals surface area (Å²) >= 11 is 5.75. The normalized spacial score (nSPS) is 21.9. The molecular weight excluding hydrogens is 316 g/mol. The lowest BCUT2D eigenvalue weighted by Crippen LogP contribution is -3.00. The molecule has 0 N–H and O–H groups in total. The van der Waals surface area contributed by atoms with Crippen molar-refractivity contribution in [2.45, 2.75) is 12.8 Å². The predicted molar refractivity (Wildman–Crippen MR) is 68.2 cm³/mol. The molecule has 18 heavy (non-hydrogen) atoms. The Kier molecular flexibility index (Phi) is 4.45. The number of anilines is 1. The van der Waals surface area contributed by atoms with Gasteiger partial charge in [-0.15, -0.1) is 10.2 Å². The molecule has 0 bridgehead atoms. The second-order valence-corrected chi connectivity index (χ2v) is 5.53. The van der Waals surface area contributed by atoms with E-state index in [0.717, 1.165) is 18.9 Å². The molecule has 4 nitrogen and oxygen atoms in total. The molecular formula is C12H18BrClN4. The summed E-state index contributed by atoms with van der Waals surface area (Å²) < 4.78 is 1.33. The Morgan fingerprint density at radius 3 is 2.22 bits per heavy atom. The van der Waals surface area contributed by atoms with E-state index in [2.05, 4.69) is 15.1 Å². The van der Waals surface area contributed by atoms with Gasteiger partial charge in [0, 0.05) is 12.8 Å². The first-order chi connectivity index (χ1) is 8.27. The first kappa shape index (κ1) is 14.0. The molecule has 0 aromatic carbocycles. The summed E-state index contributed by atoms with van der Waals surface area (Å²) in [5.74, 6) is 0.964. The van der Waals surface area contributed by atoms with Crippen LogP contribution in [0.4, 0.5) is 5.82 Å². The standard InChI is InChI=1S/C12H18ClN4.BrH/c13-11-3-4-12(15-14-11)16-5-9-17(10-6-16)7-1-2-8-17;/h3-4H,1-2,5-10H2;1H/q+1;/p-1. The van der Waals surface area contributed by atoms with Gasteiger partial charge in [0.05, 0.1) is 39.3 Å². The van der Waals surface area contributed by atoms with Crippen molar-refractivity contribution in [1.82, 2.24) is 10.2 Å². The molecule has 0 amide bonds. The minimum atomic E-state index is 0. The van der Waals surface area contributed by atoms with Crippen LogP contribution < -0.4 is 21.9 Å². The average Bonchev–Trinajstić information content (AvgIpc) is 2.80. The lowest BCUT2D eigenvalue weighted by Gasteiger charge is -2.42. The van der Waals surface area contributed by atoms with Gasteiger partial charge in [0.15, 0.2) is 11.0 Å².